The second-order valence-electron chi connectivity index (χ2n) is 5.99. The van der Waals surface area contributed by atoms with Gasteiger partial charge in [0.25, 0.3) is 0 Å². The molecule has 0 unspecified atom stereocenters. The van der Waals surface area contributed by atoms with Crippen LogP contribution in [0.15, 0.2) is 54.6 Å². The number of quaternary nitrogens is 1. The van der Waals surface area contributed by atoms with Crippen LogP contribution in [-0.2, 0) is 33.1 Å². The molecule has 0 aliphatic heterocycles. The van der Waals surface area contributed by atoms with E-state index in [0.717, 1.165) is 36.1 Å². The van der Waals surface area contributed by atoms with E-state index in [1.807, 2.05) is 30.3 Å². The van der Waals surface area contributed by atoms with E-state index in [9.17, 15) is 0 Å². The summed E-state index contributed by atoms with van der Waals surface area (Å²) in [6, 6.07) is 18.5. The zero-order valence-electron chi connectivity index (χ0n) is 14.6. The minimum absolute atomic E-state index is 0. The van der Waals surface area contributed by atoms with Crippen molar-refractivity contribution in [2.24, 2.45) is 0 Å². The summed E-state index contributed by atoms with van der Waals surface area (Å²) in [5.74, 6) is 0. The molecule has 0 aliphatic carbocycles. The van der Waals surface area contributed by atoms with Crippen molar-refractivity contribution in [2.75, 3.05) is 52.4 Å². The molecule has 0 saturated heterocycles. The van der Waals surface area contributed by atoms with Gasteiger partial charge >= 0.3 is 17.1 Å². The number of hydrogen-bond acceptors (Lipinski definition) is 2. The molecule has 24 heavy (non-hydrogen) atoms. The molecule has 0 aliphatic rings. The SMILES string of the molecule is C[N+](C)(CCOCCOCCBr)Cc1ccc[cH-]1.[Fe+2].c1cc[cH-]c1. The van der Waals surface area contributed by atoms with Crippen molar-refractivity contribution in [3.05, 3.63) is 60.2 Å². The van der Waals surface area contributed by atoms with Crippen molar-refractivity contribution < 1.29 is 31.0 Å². The Labute approximate surface area is 165 Å². The van der Waals surface area contributed by atoms with E-state index >= 15 is 0 Å². The van der Waals surface area contributed by atoms with Gasteiger partial charge in [0.2, 0.25) is 0 Å². The van der Waals surface area contributed by atoms with Crippen LogP contribution < -0.4 is 0 Å². The Balaban J connectivity index is 0.000000751. The summed E-state index contributed by atoms with van der Waals surface area (Å²) in [6.45, 7) is 4.97. The standard InChI is InChI=1S/C14H24BrNO2.C5H5.Fe/c1-16(2,13-14-5-3-4-6-14)8-10-18-12-11-17-9-7-15;1-2-4-5-3-1;/h3-6H,7-13H2,1-2H3;1-5H;/q;-1;+2. The van der Waals surface area contributed by atoms with Crippen molar-refractivity contribution in [3.63, 3.8) is 0 Å². The van der Waals surface area contributed by atoms with E-state index in [4.69, 9.17) is 9.47 Å². The Morgan fingerprint density at radius 2 is 1.62 bits per heavy atom. The number of rotatable bonds is 10. The Morgan fingerprint density at radius 3 is 2.12 bits per heavy atom. The van der Waals surface area contributed by atoms with E-state index in [0.29, 0.717) is 13.2 Å². The summed E-state index contributed by atoms with van der Waals surface area (Å²) in [7, 11) is 4.47. The molecule has 0 aromatic heterocycles. The van der Waals surface area contributed by atoms with E-state index in [-0.39, 0.29) is 17.1 Å². The molecule has 5 heteroatoms. The third kappa shape index (κ3) is 12.9. The number of hydrogen-bond donors (Lipinski definition) is 0. The number of nitrogens with zero attached hydrogens (tertiary/aromatic N) is 1. The summed E-state index contributed by atoms with van der Waals surface area (Å²) >= 11 is 3.32. The molecule has 0 heterocycles. The monoisotopic (exact) mass is 438 g/mol. The van der Waals surface area contributed by atoms with Gasteiger partial charge < -0.3 is 14.0 Å². The molecule has 0 spiro atoms. The van der Waals surface area contributed by atoms with E-state index in [1.54, 1.807) is 0 Å². The van der Waals surface area contributed by atoms with Crippen molar-refractivity contribution in [2.45, 2.75) is 6.54 Å². The van der Waals surface area contributed by atoms with E-state index in [2.05, 4.69) is 54.3 Å². The summed E-state index contributed by atoms with van der Waals surface area (Å²) in [5.41, 5.74) is 1.39. The van der Waals surface area contributed by atoms with Crippen molar-refractivity contribution in [3.8, 4) is 0 Å². The van der Waals surface area contributed by atoms with Crippen LogP contribution in [0.2, 0.25) is 0 Å². The maximum Gasteiger partial charge on any atom is 2.00 e. The molecule has 0 bridgehead atoms. The molecule has 0 saturated carbocycles. The van der Waals surface area contributed by atoms with Crippen LogP contribution in [0.5, 0.6) is 0 Å². The summed E-state index contributed by atoms with van der Waals surface area (Å²) < 4.78 is 11.9. The van der Waals surface area contributed by atoms with Gasteiger partial charge in [-0.2, -0.15) is 30.3 Å². The Hall–Kier alpha value is -0.421. The third-order valence-corrected chi connectivity index (χ3v) is 3.66. The average Bonchev–Trinajstić information content (AvgIpc) is 3.21. The first-order valence-electron chi connectivity index (χ1n) is 8.05. The molecule has 136 valence electrons. The first-order chi connectivity index (χ1) is 11.1. The second kappa shape index (κ2) is 14.9. The van der Waals surface area contributed by atoms with Gasteiger partial charge in [0, 0.05) is 5.33 Å². The van der Waals surface area contributed by atoms with Gasteiger partial charge in [-0.05, 0) is 0 Å². The van der Waals surface area contributed by atoms with Gasteiger partial charge in [-0.25, -0.2) is 24.3 Å². The topological polar surface area (TPSA) is 18.5 Å². The Kier molecular flexibility index (Phi) is 14.6. The minimum Gasteiger partial charge on any atom is -0.378 e. The maximum atomic E-state index is 5.58. The molecule has 0 fully saturated rings. The van der Waals surface area contributed by atoms with Gasteiger partial charge in [-0.15, -0.1) is 5.56 Å². The molecule has 0 atom stereocenters. The van der Waals surface area contributed by atoms with Crippen LogP contribution in [0, 0.1) is 0 Å². The number of alkyl halides is 1. The predicted molar refractivity (Wildman–Crippen MR) is 100 cm³/mol. The fourth-order valence-corrected chi connectivity index (χ4v) is 2.33. The molecule has 3 nitrogen and oxygen atoms in total. The molecule has 0 amide bonds. The zero-order chi connectivity index (χ0) is 16.8. The van der Waals surface area contributed by atoms with Crippen LogP contribution >= 0.6 is 15.9 Å². The summed E-state index contributed by atoms with van der Waals surface area (Å²) in [5, 5.41) is 0.885. The average molecular weight is 439 g/mol. The van der Waals surface area contributed by atoms with E-state index in [1.165, 1.54) is 5.56 Å². The van der Waals surface area contributed by atoms with Gasteiger partial charge in [0.1, 0.15) is 6.54 Å². The zero-order valence-corrected chi connectivity index (χ0v) is 17.3. The van der Waals surface area contributed by atoms with Crippen LogP contribution in [0.25, 0.3) is 0 Å². The van der Waals surface area contributed by atoms with Gasteiger partial charge in [0.15, 0.2) is 0 Å². The third-order valence-electron chi connectivity index (χ3n) is 3.33. The number of likely N-dealkylation sites (N-methyl/N-ethyl adjacent to an activating group) is 1. The summed E-state index contributed by atoms with van der Waals surface area (Å²) in [4.78, 5) is 0. The molecule has 0 radical (unpaired) electrons. The van der Waals surface area contributed by atoms with Crippen molar-refractivity contribution in [1.29, 1.82) is 0 Å². The first kappa shape index (κ1) is 23.6. The minimum atomic E-state index is 0. The molecule has 0 N–H and O–H groups in total. The van der Waals surface area contributed by atoms with Crippen LogP contribution in [-0.4, -0.2) is 56.9 Å². The molecular weight excluding hydrogens is 410 g/mol. The fraction of sp³-hybridized carbons (Fsp3) is 0.474. The van der Waals surface area contributed by atoms with E-state index < -0.39 is 0 Å². The molecular formula is C19H29BrFeNO2+. The first-order valence-corrected chi connectivity index (χ1v) is 9.17. The van der Waals surface area contributed by atoms with Crippen LogP contribution in [0.4, 0.5) is 0 Å². The van der Waals surface area contributed by atoms with Crippen molar-refractivity contribution >= 4 is 15.9 Å². The van der Waals surface area contributed by atoms with Crippen molar-refractivity contribution in [1.82, 2.24) is 0 Å². The second-order valence-corrected chi connectivity index (χ2v) is 6.78. The quantitative estimate of drug-likeness (QED) is 0.184. The number of ether oxygens (including phenoxy) is 2. The van der Waals surface area contributed by atoms with Crippen LogP contribution in [0.1, 0.15) is 5.56 Å². The Morgan fingerprint density at radius 1 is 0.958 bits per heavy atom. The normalized spacial score (nSPS) is 10.6. The van der Waals surface area contributed by atoms with Crippen LogP contribution in [0.3, 0.4) is 0 Å². The Bertz CT molecular complexity index is 440. The molecule has 2 rings (SSSR count). The predicted octanol–water partition coefficient (Wildman–Crippen LogP) is 3.81. The molecule has 2 aromatic rings. The van der Waals surface area contributed by atoms with Gasteiger partial charge in [-0.1, -0.05) is 15.9 Å². The number of halogens is 1. The largest absolute Gasteiger partial charge is 2.00 e. The molecule has 2 aromatic carbocycles. The fourth-order valence-electron chi connectivity index (χ4n) is 2.10. The summed E-state index contributed by atoms with van der Waals surface area (Å²) in [6.07, 6.45) is 0. The smallest absolute Gasteiger partial charge is 0.378 e. The maximum absolute atomic E-state index is 5.58. The van der Waals surface area contributed by atoms with Gasteiger partial charge in [-0.3, -0.25) is 0 Å². The van der Waals surface area contributed by atoms with Gasteiger partial charge in [0.05, 0.1) is 47.1 Å².